The number of aromatic amines is 1. The van der Waals surface area contributed by atoms with Crippen LogP contribution in [0.2, 0.25) is 0 Å². The maximum atomic E-state index is 13.6. The van der Waals surface area contributed by atoms with Crippen LogP contribution in [0.3, 0.4) is 0 Å². The Morgan fingerprint density at radius 1 is 1.25 bits per heavy atom. The van der Waals surface area contributed by atoms with Crippen LogP contribution in [0.25, 0.3) is 39.1 Å². The minimum atomic E-state index is -0.528. The van der Waals surface area contributed by atoms with E-state index in [-0.39, 0.29) is 16.6 Å². The molecule has 7 heteroatoms. The average molecular weight is 431 g/mol. The summed E-state index contributed by atoms with van der Waals surface area (Å²) in [7, 11) is 3.93. The van der Waals surface area contributed by atoms with Crippen LogP contribution in [-0.2, 0) is 6.42 Å². The van der Waals surface area contributed by atoms with Gasteiger partial charge in [-0.3, -0.25) is 9.89 Å². The molecule has 0 bridgehead atoms. The number of nitrogens with one attached hydrogen (secondary N) is 1. The van der Waals surface area contributed by atoms with E-state index in [4.69, 9.17) is 9.15 Å². The first-order valence-electron chi connectivity index (χ1n) is 10.5. The largest absolute Gasteiger partial charge is 0.507 e. The molecule has 0 spiro atoms. The fraction of sp³-hybridized carbons (Fsp3) is 0.280. The Hall–Kier alpha value is -3.58. The number of H-pyrrole nitrogens is 1. The molecular weight excluding hydrogens is 406 g/mol. The van der Waals surface area contributed by atoms with E-state index in [0.29, 0.717) is 46.6 Å². The fourth-order valence-electron chi connectivity index (χ4n) is 4.13. The van der Waals surface area contributed by atoms with Gasteiger partial charge in [0.05, 0.1) is 22.8 Å². The average Bonchev–Trinajstić information content (AvgIpc) is 3.20. The molecule has 0 amide bonds. The molecule has 0 unspecified atom stereocenters. The van der Waals surface area contributed by atoms with Gasteiger partial charge in [-0.25, -0.2) is 0 Å². The van der Waals surface area contributed by atoms with Gasteiger partial charge in [-0.1, -0.05) is 12.1 Å². The Bertz CT molecular complexity index is 1440. The maximum absolute atomic E-state index is 13.6. The second-order valence-electron chi connectivity index (χ2n) is 9.02. The molecule has 0 aliphatic carbocycles. The van der Waals surface area contributed by atoms with Gasteiger partial charge in [0.15, 0.2) is 5.58 Å². The predicted octanol–water partition coefficient (Wildman–Crippen LogP) is 4.33. The van der Waals surface area contributed by atoms with Crippen LogP contribution in [0, 0.1) is 0 Å². The third kappa shape index (κ3) is 3.26. The zero-order valence-corrected chi connectivity index (χ0v) is 18.5. The Morgan fingerprint density at radius 3 is 2.84 bits per heavy atom. The van der Waals surface area contributed by atoms with Crippen molar-refractivity contribution in [2.75, 3.05) is 20.6 Å². The number of likely N-dealkylation sites (N-methyl/N-ethyl adjacent to an activating group) is 1. The van der Waals surface area contributed by atoms with Crippen molar-refractivity contribution in [2.24, 2.45) is 0 Å². The van der Waals surface area contributed by atoms with Crippen LogP contribution in [0.15, 0.2) is 45.9 Å². The summed E-state index contributed by atoms with van der Waals surface area (Å²) in [6.07, 6.45) is 7.56. The monoisotopic (exact) mass is 431 g/mol. The summed E-state index contributed by atoms with van der Waals surface area (Å²) in [5, 5.41) is 19.4. The van der Waals surface area contributed by atoms with E-state index in [9.17, 15) is 9.90 Å². The number of phenolic OH excluding ortho intramolecular Hbond substituents is 1. The van der Waals surface area contributed by atoms with Crippen molar-refractivity contribution in [3.8, 4) is 22.6 Å². The zero-order chi connectivity index (χ0) is 22.6. The van der Waals surface area contributed by atoms with Crippen molar-refractivity contribution >= 4 is 27.9 Å². The molecule has 2 N–H and O–H groups in total. The molecule has 32 heavy (non-hydrogen) atoms. The highest BCUT2D eigenvalue weighted by molar-refractivity contribution is 5.97. The van der Waals surface area contributed by atoms with E-state index in [1.165, 1.54) is 6.26 Å². The van der Waals surface area contributed by atoms with Crippen molar-refractivity contribution in [1.29, 1.82) is 0 Å². The number of phenols is 1. The molecule has 1 aliphatic heterocycles. The van der Waals surface area contributed by atoms with Crippen molar-refractivity contribution in [1.82, 2.24) is 15.1 Å². The van der Waals surface area contributed by atoms with E-state index in [0.717, 1.165) is 10.9 Å². The molecular formula is C25H25N3O4. The molecule has 4 aromatic rings. The van der Waals surface area contributed by atoms with Gasteiger partial charge < -0.3 is 19.2 Å². The van der Waals surface area contributed by atoms with Crippen LogP contribution in [-0.4, -0.2) is 46.4 Å². The number of benzene rings is 2. The fourth-order valence-corrected chi connectivity index (χ4v) is 4.13. The highest BCUT2D eigenvalue weighted by Crippen LogP contribution is 2.44. The minimum absolute atomic E-state index is 0.0788. The highest BCUT2D eigenvalue weighted by atomic mass is 16.5. The predicted molar refractivity (Wildman–Crippen MR) is 125 cm³/mol. The molecule has 2 aromatic carbocycles. The van der Waals surface area contributed by atoms with Crippen molar-refractivity contribution in [2.45, 2.75) is 25.9 Å². The lowest BCUT2D eigenvalue weighted by Gasteiger charge is -2.30. The van der Waals surface area contributed by atoms with Gasteiger partial charge in [-0.15, -0.1) is 0 Å². The quantitative estimate of drug-likeness (QED) is 0.500. The van der Waals surface area contributed by atoms with Gasteiger partial charge in [0.1, 0.15) is 28.7 Å². The molecule has 164 valence electrons. The smallest absolute Gasteiger partial charge is 0.204 e. The van der Waals surface area contributed by atoms with Gasteiger partial charge in [0.2, 0.25) is 5.43 Å². The summed E-state index contributed by atoms with van der Waals surface area (Å²) >= 11 is 0. The Labute approximate surface area is 184 Å². The molecule has 0 saturated heterocycles. The Morgan fingerprint density at radius 2 is 2.06 bits per heavy atom. The molecule has 0 fully saturated rings. The number of fused-ring (bicyclic) bond motifs is 4. The second kappa shape index (κ2) is 7.24. The number of rotatable bonds is 4. The number of aromatic nitrogens is 2. The summed E-state index contributed by atoms with van der Waals surface area (Å²) in [6, 6.07) is 5.60. The topological polar surface area (TPSA) is 91.6 Å². The normalized spacial score (nSPS) is 14.8. The van der Waals surface area contributed by atoms with Crippen LogP contribution in [0.1, 0.15) is 25.0 Å². The zero-order valence-electron chi connectivity index (χ0n) is 18.5. The van der Waals surface area contributed by atoms with Crippen molar-refractivity contribution in [3.63, 3.8) is 0 Å². The van der Waals surface area contributed by atoms with Gasteiger partial charge in [-0.2, -0.15) is 5.10 Å². The maximum Gasteiger partial charge on any atom is 0.204 e. The molecule has 1 aliphatic rings. The summed E-state index contributed by atoms with van der Waals surface area (Å²) < 4.78 is 12.2. The third-order valence-electron chi connectivity index (χ3n) is 5.86. The van der Waals surface area contributed by atoms with Gasteiger partial charge in [0, 0.05) is 17.5 Å². The van der Waals surface area contributed by atoms with Gasteiger partial charge >= 0.3 is 0 Å². The molecule has 5 rings (SSSR count). The number of nitrogens with zero attached hydrogens (tertiary/aromatic N) is 2. The highest BCUT2D eigenvalue weighted by Gasteiger charge is 2.30. The summed E-state index contributed by atoms with van der Waals surface area (Å²) in [5.74, 6) is 0.490. The first kappa shape index (κ1) is 20.3. The molecule has 2 aromatic heterocycles. The first-order chi connectivity index (χ1) is 15.2. The standard InChI is InChI=1S/C25H25N3O4/c1-25(2)9-7-17-23(32-25)16(8-10-28(3)4)21(29)20-22(30)18(13-31-24(17)20)14-5-6-15-12-26-27-19(15)11-14/h5-7,9,11-13,29H,8,10H2,1-4H3,(H,26,27). The lowest BCUT2D eigenvalue weighted by Crippen LogP contribution is -2.29. The lowest BCUT2D eigenvalue weighted by molar-refractivity contribution is 0.156. The summed E-state index contributed by atoms with van der Waals surface area (Å²) in [5.41, 5.74) is 2.71. The van der Waals surface area contributed by atoms with Gasteiger partial charge in [0.25, 0.3) is 0 Å². The van der Waals surface area contributed by atoms with Gasteiger partial charge in [-0.05, 0) is 58.1 Å². The van der Waals surface area contributed by atoms with E-state index in [1.807, 2.05) is 63.2 Å². The molecule has 0 atom stereocenters. The van der Waals surface area contributed by atoms with Crippen molar-refractivity contribution < 1.29 is 14.3 Å². The Kier molecular flexibility index (Phi) is 4.60. The lowest BCUT2D eigenvalue weighted by atomic mass is 9.94. The number of hydrogen-bond acceptors (Lipinski definition) is 6. The Balaban J connectivity index is 1.77. The third-order valence-corrected chi connectivity index (χ3v) is 5.86. The molecule has 0 radical (unpaired) electrons. The van der Waals surface area contributed by atoms with E-state index in [2.05, 4.69) is 10.2 Å². The van der Waals surface area contributed by atoms with E-state index >= 15 is 0 Å². The molecule has 3 heterocycles. The SMILES string of the molecule is CN(C)CCc1c2c(c3occ(-c4ccc5cn[nH]c5c4)c(=O)c3c1O)C=CC(C)(C)O2. The van der Waals surface area contributed by atoms with Crippen molar-refractivity contribution in [3.05, 3.63) is 58.1 Å². The van der Waals surface area contributed by atoms with E-state index < -0.39 is 5.60 Å². The van der Waals surface area contributed by atoms with E-state index in [1.54, 1.807) is 6.20 Å². The van der Waals surface area contributed by atoms with Crippen LogP contribution < -0.4 is 10.2 Å². The van der Waals surface area contributed by atoms with Crippen LogP contribution >= 0.6 is 0 Å². The van der Waals surface area contributed by atoms with Crippen LogP contribution in [0.5, 0.6) is 11.5 Å². The minimum Gasteiger partial charge on any atom is -0.507 e. The number of aromatic hydroxyl groups is 1. The molecule has 7 nitrogen and oxygen atoms in total. The second-order valence-corrected chi connectivity index (χ2v) is 9.02. The van der Waals surface area contributed by atoms with Crippen LogP contribution in [0.4, 0.5) is 0 Å². The number of hydrogen-bond donors (Lipinski definition) is 2. The summed E-state index contributed by atoms with van der Waals surface area (Å²) in [4.78, 5) is 15.6. The first-order valence-corrected chi connectivity index (χ1v) is 10.5. The summed E-state index contributed by atoms with van der Waals surface area (Å²) in [6.45, 7) is 4.60. The number of ether oxygens (including phenoxy) is 1. The molecule has 0 saturated carbocycles.